The zero-order valence-electron chi connectivity index (χ0n) is 16.3. The van der Waals surface area contributed by atoms with Crippen molar-refractivity contribution in [3.63, 3.8) is 0 Å². The van der Waals surface area contributed by atoms with E-state index >= 15 is 0 Å². The van der Waals surface area contributed by atoms with Crippen molar-refractivity contribution in [3.05, 3.63) is 54.1 Å². The molecule has 0 unspecified atom stereocenters. The van der Waals surface area contributed by atoms with Crippen LogP contribution in [0, 0.1) is 0 Å². The van der Waals surface area contributed by atoms with Gasteiger partial charge < -0.3 is 14.2 Å². The summed E-state index contributed by atoms with van der Waals surface area (Å²) in [6.45, 7) is 6.35. The van der Waals surface area contributed by atoms with Crippen LogP contribution in [0.15, 0.2) is 53.7 Å². The van der Waals surface area contributed by atoms with Crippen LogP contribution < -0.4 is 9.64 Å². The first-order chi connectivity index (χ1) is 13.2. The zero-order chi connectivity index (χ0) is 19.2. The number of ether oxygens (including phenoxy) is 1. The maximum Gasteiger partial charge on any atom is 0.191 e. The number of hydrogen-bond donors (Lipinski definition) is 0. The minimum Gasteiger partial charge on any atom is -0.497 e. The summed E-state index contributed by atoms with van der Waals surface area (Å²) in [5.74, 6) is 2.58. The fourth-order valence-electron chi connectivity index (χ4n) is 3.01. The highest BCUT2D eigenvalue weighted by Gasteiger charge is 2.12. The van der Waals surface area contributed by atoms with Gasteiger partial charge in [-0.1, -0.05) is 23.9 Å². The Morgan fingerprint density at radius 1 is 1.04 bits per heavy atom. The summed E-state index contributed by atoms with van der Waals surface area (Å²) >= 11 is 1.68. The van der Waals surface area contributed by atoms with Gasteiger partial charge in [-0.25, -0.2) is 0 Å². The number of anilines is 1. The summed E-state index contributed by atoms with van der Waals surface area (Å²) in [6, 6.07) is 16.7. The molecule has 0 radical (unpaired) electrons. The molecule has 1 heterocycles. The molecule has 0 bridgehead atoms. The molecule has 0 amide bonds. The fraction of sp³-hybridized carbons (Fsp3) is 0.333. The number of hydrogen-bond acceptors (Lipinski definition) is 5. The van der Waals surface area contributed by atoms with Crippen molar-refractivity contribution in [3.8, 4) is 17.1 Å². The highest BCUT2D eigenvalue weighted by Crippen LogP contribution is 2.27. The van der Waals surface area contributed by atoms with Crippen molar-refractivity contribution in [2.45, 2.75) is 24.8 Å². The van der Waals surface area contributed by atoms with Crippen molar-refractivity contribution < 1.29 is 4.74 Å². The van der Waals surface area contributed by atoms with E-state index in [9.17, 15) is 0 Å². The van der Waals surface area contributed by atoms with Crippen LogP contribution in [0.1, 0.15) is 19.4 Å². The Morgan fingerprint density at radius 3 is 2.44 bits per heavy atom. The molecule has 0 aliphatic heterocycles. The fourth-order valence-corrected chi connectivity index (χ4v) is 3.87. The van der Waals surface area contributed by atoms with Crippen molar-refractivity contribution in [1.29, 1.82) is 0 Å². The molecular weight excluding hydrogens is 356 g/mol. The quantitative estimate of drug-likeness (QED) is 0.532. The van der Waals surface area contributed by atoms with E-state index in [0.29, 0.717) is 0 Å². The monoisotopic (exact) mass is 382 g/mol. The number of aromatic nitrogens is 3. The Labute approximate surface area is 165 Å². The highest BCUT2D eigenvalue weighted by atomic mass is 32.2. The zero-order valence-corrected chi connectivity index (χ0v) is 17.2. The van der Waals surface area contributed by atoms with Crippen LogP contribution in [0.4, 0.5) is 5.69 Å². The molecule has 27 heavy (non-hydrogen) atoms. The van der Waals surface area contributed by atoms with Crippen LogP contribution in [0.25, 0.3) is 11.4 Å². The van der Waals surface area contributed by atoms with E-state index in [1.54, 1.807) is 18.9 Å². The second-order valence-electron chi connectivity index (χ2n) is 6.22. The first-order valence-electron chi connectivity index (χ1n) is 9.16. The number of rotatable bonds is 8. The van der Waals surface area contributed by atoms with Crippen molar-refractivity contribution in [1.82, 2.24) is 14.8 Å². The average Bonchev–Trinajstić information content (AvgIpc) is 3.08. The number of thioether (sulfide) groups is 1. The minimum absolute atomic E-state index is 0.823. The van der Waals surface area contributed by atoms with Gasteiger partial charge in [-0.3, -0.25) is 0 Å². The summed E-state index contributed by atoms with van der Waals surface area (Å²) < 4.78 is 7.34. The van der Waals surface area contributed by atoms with Gasteiger partial charge in [0, 0.05) is 37.1 Å². The Hall–Kier alpha value is -2.47. The lowest BCUT2D eigenvalue weighted by atomic mass is 10.2. The molecule has 142 valence electrons. The van der Waals surface area contributed by atoms with Gasteiger partial charge in [-0.05, 0) is 55.8 Å². The lowest BCUT2D eigenvalue weighted by Crippen LogP contribution is -2.21. The summed E-state index contributed by atoms with van der Waals surface area (Å²) in [5.41, 5.74) is 3.51. The largest absolute Gasteiger partial charge is 0.497 e. The second kappa shape index (κ2) is 8.95. The Kier molecular flexibility index (Phi) is 6.40. The highest BCUT2D eigenvalue weighted by molar-refractivity contribution is 7.98. The Morgan fingerprint density at radius 2 is 1.78 bits per heavy atom. The first kappa shape index (κ1) is 19.3. The van der Waals surface area contributed by atoms with E-state index in [4.69, 9.17) is 4.74 Å². The maximum absolute atomic E-state index is 5.29. The van der Waals surface area contributed by atoms with Gasteiger partial charge in [0.2, 0.25) is 0 Å². The van der Waals surface area contributed by atoms with Crippen molar-refractivity contribution in [2.75, 3.05) is 25.1 Å². The van der Waals surface area contributed by atoms with E-state index in [1.165, 1.54) is 11.3 Å². The molecule has 0 saturated carbocycles. The molecule has 0 saturated heterocycles. The van der Waals surface area contributed by atoms with Crippen LogP contribution in [0.5, 0.6) is 5.75 Å². The SMILES string of the molecule is CCN(CC)c1ccc(-c2nnc(SCc3cccc(OC)c3)n2C)cc1. The molecule has 6 heteroatoms. The summed E-state index contributed by atoms with van der Waals surface area (Å²) in [7, 11) is 3.70. The van der Waals surface area contributed by atoms with Crippen LogP contribution in [-0.2, 0) is 12.8 Å². The van der Waals surface area contributed by atoms with E-state index in [0.717, 1.165) is 41.1 Å². The predicted molar refractivity (Wildman–Crippen MR) is 113 cm³/mol. The first-order valence-corrected chi connectivity index (χ1v) is 10.1. The van der Waals surface area contributed by atoms with Crippen molar-refractivity contribution >= 4 is 17.4 Å². The van der Waals surface area contributed by atoms with Gasteiger partial charge in [0.15, 0.2) is 11.0 Å². The van der Waals surface area contributed by atoms with Gasteiger partial charge in [0.1, 0.15) is 5.75 Å². The van der Waals surface area contributed by atoms with Gasteiger partial charge in [-0.2, -0.15) is 0 Å². The molecule has 2 aromatic carbocycles. The summed E-state index contributed by atoms with van der Waals surface area (Å²) in [5, 5.41) is 9.68. The minimum atomic E-state index is 0.823. The standard InChI is InChI=1S/C21H26N4OS/c1-5-25(6-2)18-12-10-17(11-13-18)20-22-23-21(24(20)3)27-15-16-8-7-9-19(14-16)26-4/h7-14H,5-6,15H2,1-4H3. The predicted octanol–water partition coefficient (Wildman–Crippen LogP) is 4.63. The molecular formula is C21H26N4OS. The molecule has 0 spiro atoms. The Bertz CT molecular complexity index is 872. The van der Waals surface area contributed by atoms with E-state index in [1.807, 2.05) is 19.2 Å². The smallest absolute Gasteiger partial charge is 0.191 e. The lowest BCUT2D eigenvalue weighted by molar-refractivity contribution is 0.414. The topological polar surface area (TPSA) is 43.2 Å². The normalized spacial score (nSPS) is 10.8. The van der Waals surface area contributed by atoms with Crippen LogP contribution in [0.2, 0.25) is 0 Å². The molecule has 0 fully saturated rings. The number of methoxy groups -OCH3 is 1. The van der Waals surface area contributed by atoms with Crippen molar-refractivity contribution in [2.24, 2.45) is 7.05 Å². The van der Waals surface area contributed by atoms with Gasteiger partial charge in [0.25, 0.3) is 0 Å². The second-order valence-corrected chi connectivity index (χ2v) is 7.17. The molecule has 0 N–H and O–H groups in total. The molecule has 5 nitrogen and oxygen atoms in total. The van der Waals surface area contributed by atoms with E-state index in [-0.39, 0.29) is 0 Å². The lowest BCUT2D eigenvalue weighted by Gasteiger charge is -2.21. The Balaban J connectivity index is 1.73. The third-order valence-corrected chi connectivity index (χ3v) is 5.68. The molecule has 0 atom stereocenters. The third-order valence-electron chi connectivity index (χ3n) is 4.59. The number of benzene rings is 2. The summed E-state index contributed by atoms with van der Waals surface area (Å²) in [4.78, 5) is 2.33. The molecule has 0 aliphatic rings. The molecule has 0 aliphatic carbocycles. The molecule has 1 aromatic heterocycles. The van der Waals surface area contributed by atoms with Gasteiger partial charge >= 0.3 is 0 Å². The maximum atomic E-state index is 5.29. The van der Waals surface area contributed by atoms with Crippen LogP contribution >= 0.6 is 11.8 Å². The van der Waals surface area contributed by atoms with Crippen LogP contribution in [-0.4, -0.2) is 35.0 Å². The van der Waals surface area contributed by atoms with E-state index in [2.05, 4.69) is 69.9 Å². The molecule has 3 rings (SSSR count). The molecule has 3 aromatic rings. The number of nitrogens with zero attached hydrogens (tertiary/aromatic N) is 4. The van der Waals surface area contributed by atoms with Gasteiger partial charge in [0.05, 0.1) is 7.11 Å². The third kappa shape index (κ3) is 4.45. The van der Waals surface area contributed by atoms with E-state index < -0.39 is 0 Å². The van der Waals surface area contributed by atoms with Crippen LogP contribution in [0.3, 0.4) is 0 Å². The average molecular weight is 383 g/mol. The van der Waals surface area contributed by atoms with Gasteiger partial charge in [-0.15, -0.1) is 10.2 Å². The summed E-state index contributed by atoms with van der Waals surface area (Å²) in [6.07, 6.45) is 0.